The van der Waals surface area contributed by atoms with Crippen LogP contribution in [-0.4, -0.2) is 25.7 Å². The Balaban J connectivity index is 2.21. The number of aliphatic hydroxyl groups is 1. The minimum atomic E-state index is -3.79. The number of nitrogens with two attached hydrogens (primary N) is 1. The SMILES string of the molecule is NCc1c(F)cccc1S(=O)(=O)NC1CCC(O)CC1. The number of aliphatic hydroxyl groups excluding tert-OH is 1. The molecule has 1 aliphatic rings. The fourth-order valence-electron chi connectivity index (χ4n) is 2.47. The van der Waals surface area contributed by atoms with E-state index in [4.69, 9.17) is 5.73 Å². The van der Waals surface area contributed by atoms with Gasteiger partial charge in [0, 0.05) is 18.2 Å². The third kappa shape index (κ3) is 3.35. The molecular weight excluding hydrogens is 283 g/mol. The molecule has 7 heteroatoms. The second-order valence-electron chi connectivity index (χ2n) is 5.05. The van der Waals surface area contributed by atoms with Crippen LogP contribution in [0, 0.1) is 5.82 Å². The van der Waals surface area contributed by atoms with Gasteiger partial charge in [-0.25, -0.2) is 17.5 Å². The van der Waals surface area contributed by atoms with E-state index in [9.17, 15) is 17.9 Å². The molecule has 0 saturated heterocycles. The summed E-state index contributed by atoms with van der Waals surface area (Å²) < 4.78 is 40.8. The molecule has 0 bridgehead atoms. The number of sulfonamides is 1. The van der Waals surface area contributed by atoms with Gasteiger partial charge in [0.1, 0.15) is 5.82 Å². The van der Waals surface area contributed by atoms with Gasteiger partial charge in [0.05, 0.1) is 11.0 Å². The fraction of sp³-hybridized carbons (Fsp3) is 0.538. The van der Waals surface area contributed by atoms with E-state index in [0.717, 1.165) is 0 Å². The van der Waals surface area contributed by atoms with Crippen LogP contribution in [0.3, 0.4) is 0 Å². The maximum atomic E-state index is 13.6. The molecular formula is C13H19FN2O3S. The second kappa shape index (κ2) is 6.17. The summed E-state index contributed by atoms with van der Waals surface area (Å²) in [5, 5.41) is 9.42. The first-order valence-electron chi connectivity index (χ1n) is 6.62. The Morgan fingerprint density at radius 2 is 1.95 bits per heavy atom. The molecule has 4 N–H and O–H groups in total. The summed E-state index contributed by atoms with van der Waals surface area (Å²) in [5.41, 5.74) is 5.43. The number of nitrogens with one attached hydrogen (secondary N) is 1. The van der Waals surface area contributed by atoms with Crippen LogP contribution in [-0.2, 0) is 16.6 Å². The lowest BCUT2D eigenvalue weighted by molar-refractivity contribution is 0.120. The highest BCUT2D eigenvalue weighted by atomic mass is 32.2. The summed E-state index contributed by atoms with van der Waals surface area (Å²) in [7, 11) is -3.79. The molecule has 2 rings (SSSR count). The molecule has 0 heterocycles. The van der Waals surface area contributed by atoms with Crippen molar-refractivity contribution in [3.8, 4) is 0 Å². The van der Waals surface area contributed by atoms with Crippen molar-refractivity contribution in [2.24, 2.45) is 5.73 Å². The van der Waals surface area contributed by atoms with Gasteiger partial charge in [0.2, 0.25) is 10.0 Å². The van der Waals surface area contributed by atoms with Gasteiger partial charge < -0.3 is 10.8 Å². The standard InChI is InChI=1S/C13H19FN2O3S/c14-12-2-1-3-13(11(12)8-15)20(18,19)16-9-4-6-10(17)7-5-9/h1-3,9-10,16-17H,4-8,15H2. The van der Waals surface area contributed by atoms with Crippen molar-refractivity contribution in [3.05, 3.63) is 29.6 Å². The van der Waals surface area contributed by atoms with Crippen LogP contribution in [0.1, 0.15) is 31.2 Å². The van der Waals surface area contributed by atoms with Crippen LogP contribution in [0.15, 0.2) is 23.1 Å². The highest BCUT2D eigenvalue weighted by Gasteiger charge is 2.26. The average molecular weight is 302 g/mol. The summed E-state index contributed by atoms with van der Waals surface area (Å²) in [6, 6.07) is 3.68. The van der Waals surface area contributed by atoms with Crippen molar-refractivity contribution in [3.63, 3.8) is 0 Å². The van der Waals surface area contributed by atoms with E-state index in [1.807, 2.05) is 0 Å². The largest absolute Gasteiger partial charge is 0.393 e. The minimum Gasteiger partial charge on any atom is -0.393 e. The molecule has 0 spiro atoms. The molecule has 0 aromatic heterocycles. The predicted molar refractivity (Wildman–Crippen MR) is 72.9 cm³/mol. The topological polar surface area (TPSA) is 92.4 Å². The quantitative estimate of drug-likeness (QED) is 0.769. The number of rotatable bonds is 4. The summed E-state index contributed by atoms with van der Waals surface area (Å²) in [6.45, 7) is -0.174. The zero-order valence-electron chi connectivity index (χ0n) is 11.0. The van der Waals surface area contributed by atoms with Crippen molar-refractivity contribution in [1.29, 1.82) is 0 Å². The van der Waals surface area contributed by atoms with Gasteiger partial charge in [0.25, 0.3) is 0 Å². The van der Waals surface area contributed by atoms with Crippen molar-refractivity contribution in [1.82, 2.24) is 4.72 Å². The maximum absolute atomic E-state index is 13.6. The van der Waals surface area contributed by atoms with E-state index in [0.29, 0.717) is 25.7 Å². The molecule has 0 amide bonds. The van der Waals surface area contributed by atoms with Gasteiger partial charge in [-0.3, -0.25) is 0 Å². The number of halogens is 1. The molecule has 0 unspecified atom stereocenters. The van der Waals surface area contributed by atoms with E-state index in [1.54, 1.807) is 0 Å². The molecule has 1 aliphatic carbocycles. The fourth-order valence-corrected chi connectivity index (χ4v) is 4.03. The molecule has 1 fully saturated rings. The van der Waals surface area contributed by atoms with E-state index in [2.05, 4.69) is 4.72 Å². The van der Waals surface area contributed by atoms with Crippen LogP contribution >= 0.6 is 0 Å². The van der Waals surface area contributed by atoms with Crippen molar-refractivity contribution in [2.75, 3.05) is 0 Å². The second-order valence-corrected chi connectivity index (χ2v) is 6.73. The van der Waals surface area contributed by atoms with Gasteiger partial charge in [-0.05, 0) is 37.8 Å². The highest BCUT2D eigenvalue weighted by Crippen LogP contribution is 2.23. The molecule has 0 aliphatic heterocycles. The van der Waals surface area contributed by atoms with Crippen LogP contribution in [0.2, 0.25) is 0 Å². The summed E-state index contributed by atoms with van der Waals surface area (Å²) >= 11 is 0. The zero-order chi connectivity index (χ0) is 14.8. The lowest BCUT2D eigenvalue weighted by atomic mass is 9.94. The van der Waals surface area contributed by atoms with Gasteiger partial charge in [-0.15, -0.1) is 0 Å². The molecule has 0 atom stereocenters. The lowest BCUT2D eigenvalue weighted by Gasteiger charge is -2.26. The number of benzene rings is 1. The Hall–Kier alpha value is -1.02. The number of hydrogen-bond acceptors (Lipinski definition) is 4. The first-order chi connectivity index (χ1) is 9.44. The predicted octanol–water partition coefficient (Wildman–Crippen LogP) is 0.866. The lowest BCUT2D eigenvalue weighted by Crippen LogP contribution is -2.39. The third-order valence-corrected chi connectivity index (χ3v) is 5.19. The van der Waals surface area contributed by atoms with Gasteiger partial charge in [-0.2, -0.15) is 0 Å². The molecule has 1 saturated carbocycles. The number of hydrogen-bond donors (Lipinski definition) is 3. The van der Waals surface area contributed by atoms with E-state index >= 15 is 0 Å². The average Bonchev–Trinajstić information content (AvgIpc) is 2.41. The Bertz CT molecular complexity index is 569. The van der Waals surface area contributed by atoms with E-state index in [1.165, 1.54) is 18.2 Å². The van der Waals surface area contributed by atoms with Crippen molar-refractivity contribution in [2.45, 2.75) is 49.3 Å². The Labute approximate surface area is 118 Å². The highest BCUT2D eigenvalue weighted by molar-refractivity contribution is 7.89. The minimum absolute atomic E-state index is 0.00385. The first-order valence-corrected chi connectivity index (χ1v) is 8.10. The monoisotopic (exact) mass is 302 g/mol. The summed E-state index contributed by atoms with van der Waals surface area (Å²) in [6.07, 6.45) is 1.94. The normalized spacial score (nSPS) is 23.8. The van der Waals surface area contributed by atoms with E-state index in [-0.39, 0.29) is 29.1 Å². The van der Waals surface area contributed by atoms with Crippen LogP contribution in [0.25, 0.3) is 0 Å². The molecule has 1 aromatic rings. The van der Waals surface area contributed by atoms with Gasteiger partial charge in [0.15, 0.2) is 0 Å². The zero-order valence-corrected chi connectivity index (χ0v) is 11.9. The Morgan fingerprint density at radius 1 is 1.30 bits per heavy atom. The molecule has 5 nitrogen and oxygen atoms in total. The molecule has 20 heavy (non-hydrogen) atoms. The third-order valence-electron chi connectivity index (χ3n) is 3.59. The molecule has 1 aromatic carbocycles. The first kappa shape index (κ1) is 15.4. The van der Waals surface area contributed by atoms with Gasteiger partial charge >= 0.3 is 0 Å². The smallest absolute Gasteiger partial charge is 0.241 e. The van der Waals surface area contributed by atoms with Crippen LogP contribution in [0.5, 0.6) is 0 Å². The Kier molecular flexibility index (Phi) is 4.74. The van der Waals surface area contributed by atoms with Crippen LogP contribution in [0.4, 0.5) is 4.39 Å². The molecule has 112 valence electrons. The summed E-state index contributed by atoms with van der Waals surface area (Å²) in [5.74, 6) is -0.616. The van der Waals surface area contributed by atoms with Crippen molar-refractivity contribution < 1.29 is 17.9 Å². The molecule has 0 radical (unpaired) electrons. The van der Waals surface area contributed by atoms with E-state index < -0.39 is 15.8 Å². The van der Waals surface area contributed by atoms with Crippen LogP contribution < -0.4 is 10.5 Å². The van der Waals surface area contributed by atoms with Gasteiger partial charge in [-0.1, -0.05) is 6.07 Å². The van der Waals surface area contributed by atoms with Crippen molar-refractivity contribution >= 4 is 10.0 Å². The summed E-state index contributed by atoms with van der Waals surface area (Å²) in [4.78, 5) is -0.105. The Morgan fingerprint density at radius 3 is 2.55 bits per heavy atom. The maximum Gasteiger partial charge on any atom is 0.241 e.